The summed E-state index contributed by atoms with van der Waals surface area (Å²) < 4.78 is 10.5. The summed E-state index contributed by atoms with van der Waals surface area (Å²) in [6, 6.07) is 8.47. The fourth-order valence-corrected chi connectivity index (χ4v) is 2.56. The molecule has 24 heavy (non-hydrogen) atoms. The molecule has 8 heteroatoms. The lowest BCUT2D eigenvalue weighted by Gasteiger charge is -2.04. The Morgan fingerprint density at radius 2 is 1.88 bits per heavy atom. The number of phenolic OH excluding ortho intramolecular Hbond substituents is 1. The second kappa shape index (κ2) is 5.41. The van der Waals surface area contributed by atoms with E-state index in [4.69, 9.17) is 14.6 Å². The third-order valence-electron chi connectivity index (χ3n) is 3.76. The number of fused-ring (bicyclic) bond motifs is 2. The van der Waals surface area contributed by atoms with Crippen LogP contribution in [0.2, 0.25) is 0 Å². The van der Waals surface area contributed by atoms with Crippen LogP contribution < -0.4 is 9.47 Å². The van der Waals surface area contributed by atoms with Crippen LogP contribution in [0.3, 0.4) is 0 Å². The van der Waals surface area contributed by atoms with Crippen LogP contribution in [0.15, 0.2) is 30.3 Å². The fourth-order valence-electron chi connectivity index (χ4n) is 2.56. The van der Waals surface area contributed by atoms with Gasteiger partial charge in [-0.15, -0.1) is 15.0 Å². The Bertz CT molecular complexity index is 950. The average Bonchev–Trinajstić information content (AvgIpc) is 3.17. The smallest absolute Gasteiger partial charge is 0.303 e. The number of hydrogen-bond acceptors (Lipinski definition) is 6. The molecular formula is C16H13N3O5. The van der Waals surface area contributed by atoms with E-state index in [0.717, 1.165) is 5.56 Å². The van der Waals surface area contributed by atoms with Gasteiger partial charge in [0, 0.05) is 18.6 Å². The second-order valence-corrected chi connectivity index (χ2v) is 5.40. The highest BCUT2D eigenvalue weighted by Crippen LogP contribution is 2.38. The Kier molecular flexibility index (Phi) is 3.23. The van der Waals surface area contributed by atoms with Crippen molar-refractivity contribution < 1.29 is 24.5 Å². The largest absolute Gasteiger partial charge is 0.505 e. The second-order valence-electron chi connectivity index (χ2n) is 5.40. The molecule has 0 saturated carbocycles. The van der Waals surface area contributed by atoms with Crippen molar-refractivity contribution in [3.63, 3.8) is 0 Å². The number of benzene rings is 2. The molecule has 122 valence electrons. The number of rotatable bonds is 4. The average molecular weight is 327 g/mol. The number of carboxylic acids is 1. The van der Waals surface area contributed by atoms with Crippen LogP contribution in [-0.4, -0.2) is 38.0 Å². The highest BCUT2D eigenvalue weighted by molar-refractivity contribution is 5.75. The zero-order chi connectivity index (χ0) is 16.7. The highest BCUT2D eigenvalue weighted by atomic mass is 16.7. The van der Waals surface area contributed by atoms with Gasteiger partial charge in [0.25, 0.3) is 0 Å². The Balaban J connectivity index is 1.71. The van der Waals surface area contributed by atoms with Gasteiger partial charge >= 0.3 is 5.97 Å². The Hall–Kier alpha value is -3.29. The molecule has 0 aliphatic carbocycles. The number of aliphatic carboxylic acids is 1. The molecule has 8 nitrogen and oxygen atoms in total. The molecular weight excluding hydrogens is 314 g/mol. The van der Waals surface area contributed by atoms with Crippen LogP contribution in [-0.2, 0) is 11.2 Å². The summed E-state index contributed by atoms with van der Waals surface area (Å²) in [5, 5.41) is 27.6. The third kappa shape index (κ3) is 2.47. The maximum Gasteiger partial charge on any atom is 0.303 e. The summed E-state index contributed by atoms with van der Waals surface area (Å²) >= 11 is 0. The van der Waals surface area contributed by atoms with Crippen molar-refractivity contribution in [1.29, 1.82) is 0 Å². The molecule has 0 unspecified atom stereocenters. The molecule has 2 N–H and O–H groups in total. The van der Waals surface area contributed by atoms with Gasteiger partial charge in [-0.05, 0) is 24.1 Å². The SMILES string of the molecule is O=C(O)CCc1ccc2nn(-c3cc4c(cc3O)OCO4)nc2c1. The van der Waals surface area contributed by atoms with E-state index in [9.17, 15) is 9.90 Å². The fraction of sp³-hybridized carbons (Fsp3) is 0.188. The van der Waals surface area contributed by atoms with E-state index < -0.39 is 5.97 Å². The normalized spacial score (nSPS) is 12.7. The number of hydrogen-bond donors (Lipinski definition) is 2. The zero-order valence-corrected chi connectivity index (χ0v) is 12.5. The first kappa shape index (κ1) is 14.3. The monoisotopic (exact) mass is 327 g/mol. The molecule has 1 aliphatic heterocycles. The molecule has 2 aromatic carbocycles. The highest BCUT2D eigenvalue weighted by Gasteiger charge is 2.19. The molecule has 1 aliphatic rings. The van der Waals surface area contributed by atoms with Crippen LogP contribution >= 0.6 is 0 Å². The standard InChI is InChI=1S/C16H13N3O5/c20-13-7-15-14(23-8-24-15)6-12(13)19-17-10-3-1-9(2-4-16(21)22)5-11(10)18-19/h1,3,5-7,20H,2,4,8H2,(H,21,22). The number of phenols is 1. The first-order chi connectivity index (χ1) is 11.6. The Morgan fingerprint density at radius 1 is 1.12 bits per heavy atom. The maximum absolute atomic E-state index is 10.7. The van der Waals surface area contributed by atoms with Crippen LogP contribution in [0.25, 0.3) is 16.7 Å². The zero-order valence-electron chi connectivity index (χ0n) is 12.5. The molecule has 3 aromatic rings. The predicted molar refractivity (Wildman–Crippen MR) is 82.6 cm³/mol. The summed E-state index contributed by atoms with van der Waals surface area (Å²) in [4.78, 5) is 12.0. The summed E-state index contributed by atoms with van der Waals surface area (Å²) in [7, 11) is 0. The molecule has 0 fully saturated rings. The van der Waals surface area contributed by atoms with E-state index in [1.807, 2.05) is 6.07 Å². The lowest BCUT2D eigenvalue weighted by Crippen LogP contribution is -1.99. The van der Waals surface area contributed by atoms with Gasteiger partial charge in [0.1, 0.15) is 22.5 Å². The minimum atomic E-state index is -0.843. The lowest BCUT2D eigenvalue weighted by molar-refractivity contribution is -0.136. The maximum atomic E-state index is 10.7. The number of aromatic nitrogens is 3. The van der Waals surface area contributed by atoms with E-state index in [1.54, 1.807) is 18.2 Å². The van der Waals surface area contributed by atoms with E-state index in [-0.39, 0.29) is 19.0 Å². The van der Waals surface area contributed by atoms with Crippen molar-refractivity contribution in [2.24, 2.45) is 0 Å². The van der Waals surface area contributed by atoms with Crippen molar-refractivity contribution in [2.75, 3.05) is 6.79 Å². The summed E-state index contributed by atoms with van der Waals surface area (Å²) in [5.41, 5.74) is 2.51. The topological polar surface area (TPSA) is 107 Å². The number of carbonyl (C=O) groups is 1. The summed E-state index contributed by atoms with van der Waals surface area (Å²) in [6.07, 6.45) is 0.482. The van der Waals surface area contributed by atoms with Gasteiger partial charge in [-0.1, -0.05) is 6.07 Å². The predicted octanol–water partition coefficient (Wildman–Crippen LogP) is 1.87. The van der Waals surface area contributed by atoms with Crippen LogP contribution in [0.5, 0.6) is 17.2 Å². The van der Waals surface area contributed by atoms with Crippen molar-refractivity contribution >= 4 is 17.0 Å². The van der Waals surface area contributed by atoms with Gasteiger partial charge in [0.15, 0.2) is 11.5 Å². The van der Waals surface area contributed by atoms with Gasteiger partial charge < -0.3 is 19.7 Å². The summed E-state index contributed by atoms with van der Waals surface area (Å²) in [5.74, 6) is 0.130. The van der Waals surface area contributed by atoms with Crippen LogP contribution in [0.1, 0.15) is 12.0 Å². The number of carboxylic acid groups (broad SMARTS) is 1. The first-order valence-electron chi connectivity index (χ1n) is 7.31. The van der Waals surface area contributed by atoms with Gasteiger partial charge in [0.2, 0.25) is 6.79 Å². The Morgan fingerprint density at radius 3 is 2.67 bits per heavy atom. The first-order valence-corrected chi connectivity index (χ1v) is 7.31. The number of aromatic hydroxyl groups is 1. The van der Waals surface area contributed by atoms with E-state index >= 15 is 0 Å². The lowest BCUT2D eigenvalue weighted by atomic mass is 10.1. The molecule has 4 rings (SSSR count). The number of aryl methyl sites for hydroxylation is 1. The molecule has 0 bridgehead atoms. The van der Waals surface area contributed by atoms with Crippen molar-refractivity contribution in [2.45, 2.75) is 12.8 Å². The molecule has 0 radical (unpaired) electrons. The van der Waals surface area contributed by atoms with Gasteiger partial charge in [0.05, 0.1) is 0 Å². The third-order valence-corrected chi connectivity index (χ3v) is 3.76. The van der Waals surface area contributed by atoms with Gasteiger partial charge in [-0.2, -0.15) is 0 Å². The van der Waals surface area contributed by atoms with Crippen LogP contribution in [0, 0.1) is 0 Å². The minimum Gasteiger partial charge on any atom is -0.505 e. The quantitative estimate of drug-likeness (QED) is 0.753. The molecule has 2 heterocycles. The van der Waals surface area contributed by atoms with Crippen molar-refractivity contribution in [3.05, 3.63) is 35.9 Å². The van der Waals surface area contributed by atoms with E-state index in [1.165, 1.54) is 10.9 Å². The van der Waals surface area contributed by atoms with Crippen molar-refractivity contribution in [3.8, 4) is 22.9 Å². The molecule has 0 spiro atoms. The molecule has 0 saturated heterocycles. The van der Waals surface area contributed by atoms with Crippen molar-refractivity contribution in [1.82, 2.24) is 15.0 Å². The molecule has 0 amide bonds. The summed E-state index contributed by atoms with van der Waals surface area (Å²) in [6.45, 7) is 0.111. The van der Waals surface area contributed by atoms with Gasteiger partial charge in [-0.3, -0.25) is 4.79 Å². The van der Waals surface area contributed by atoms with E-state index in [2.05, 4.69) is 10.2 Å². The molecule has 1 aromatic heterocycles. The number of ether oxygens (including phenoxy) is 2. The Labute approximate surface area is 135 Å². The number of nitrogens with zero attached hydrogens (tertiary/aromatic N) is 3. The minimum absolute atomic E-state index is 0.0225. The molecule has 0 atom stereocenters. The van der Waals surface area contributed by atoms with E-state index in [0.29, 0.717) is 34.6 Å². The van der Waals surface area contributed by atoms with Crippen LogP contribution in [0.4, 0.5) is 0 Å². The van der Waals surface area contributed by atoms with Gasteiger partial charge in [-0.25, -0.2) is 0 Å².